The van der Waals surface area contributed by atoms with Crippen LogP contribution in [0.4, 0.5) is 17.5 Å². The van der Waals surface area contributed by atoms with Gasteiger partial charge in [-0.1, -0.05) is 28.1 Å². The first kappa shape index (κ1) is 16.1. The predicted octanol–water partition coefficient (Wildman–Crippen LogP) is 5.76. The van der Waals surface area contributed by atoms with Crippen LogP contribution in [0.5, 0.6) is 0 Å². The lowest BCUT2D eigenvalue weighted by Crippen LogP contribution is -2.01. The van der Waals surface area contributed by atoms with Crippen LogP contribution < -0.4 is 11.1 Å². The highest BCUT2D eigenvalue weighted by molar-refractivity contribution is 9.10. The normalized spacial score (nSPS) is 11.0. The molecule has 4 nitrogen and oxygen atoms in total. The van der Waals surface area contributed by atoms with E-state index in [2.05, 4.69) is 61.7 Å². The Hall–Kier alpha value is -2.44. The second-order valence-corrected chi connectivity index (χ2v) is 7.61. The molecule has 0 unspecified atom stereocenters. The van der Waals surface area contributed by atoms with Gasteiger partial charge in [0.15, 0.2) is 0 Å². The molecule has 0 aliphatic heterocycles. The predicted molar refractivity (Wildman–Crippen MR) is 109 cm³/mol. The highest BCUT2D eigenvalue weighted by atomic mass is 79.9. The third-order valence-corrected chi connectivity index (χ3v) is 5.41. The Balaban J connectivity index is 1.84. The standard InChI is InChI=1S/C19H15BrN4S/c1-11-7-17(25-10-11)12-5-6-16-15(8-12)18(24-19(21)23-16)22-14-4-2-3-13(20)9-14/h2-10H,1H3,(H3,21,22,23,24). The topological polar surface area (TPSA) is 63.8 Å². The molecule has 0 fully saturated rings. The molecule has 0 aliphatic rings. The zero-order chi connectivity index (χ0) is 17.4. The molecule has 4 rings (SSSR count). The van der Waals surface area contributed by atoms with Crippen molar-refractivity contribution in [3.63, 3.8) is 0 Å². The number of nitrogen functional groups attached to an aromatic ring is 1. The van der Waals surface area contributed by atoms with E-state index in [9.17, 15) is 0 Å². The maximum absolute atomic E-state index is 5.89. The Morgan fingerprint density at radius 3 is 2.72 bits per heavy atom. The number of nitrogens with zero attached hydrogens (tertiary/aromatic N) is 2. The quantitative estimate of drug-likeness (QED) is 0.450. The average molecular weight is 411 g/mol. The van der Waals surface area contributed by atoms with Crippen molar-refractivity contribution in [1.82, 2.24) is 9.97 Å². The highest BCUT2D eigenvalue weighted by Gasteiger charge is 2.10. The number of halogens is 1. The molecule has 0 atom stereocenters. The van der Waals surface area contributed by atoms with Gasteiger partial charge in [0, 0.05) is 20.4 Å². The van der Waals surface area contributed by atoms with Gasteiger partial charge in [-0.2, -0.15) is 4.98 Å². The van der Waals surface area contributed by atoms with Crippen molar-refractivity contribution in [1.29, 1.82) is 0 Å². The first-order chi connectivity index (χ1) is 12.1. The van der Waals surface area contributed by atoms with Crippen LogP contribution >= 0.6 is 27.3 Å². The molecule has 124 valence electrons. The molecule has 0 amide bonds. The third-order valence-electron chi connectivity index (χ3n) is 3.82. The number of rotatable bonds is 3. The lowest BCUT2D eigenvalue weighted by Gasteiger charge is -2.11. The molecular weight excluding hydrogens is 396 g/mol. The van der Waals surface area contributed by atoms with Crippen molar-refractivity contribution in [3.05, 3.63) is 63.9 Å². The van der Waals surface area contributed by atoms with Crippen LogP contribution in [-0.4, -0.2) is 9.97 Å². The summed E-state index contributed by atoms with van der Waals surface area (Å²) in [6, 6.07) is 16.3. The Morgan fingerprint density at radius 1 is 1.08 bits per heavy atom. The van der Waals surface area contributed by atoms with Gasteiger partial charge < -0.3 is 11.1 Å². The lowest BCUT2D eigenvalue weighted by molar-refractivity contribution is 1.23. The van der Waals surface area contributed by atoms with E-state index in [0.717, 1.165) is 26.6 Å². The van der Waals surface area contributed by atoms with Crippen molar-refractivity contribution < 1.29 is 0 Å². The van der Waals surface area contributed by atoms with Gasteiger partial charge in [-0.15, -0.1) is 11.3 Å². The third kappa shape index (κ3) is 3.36. The molecule has 3 N–H and O–H groups in total. The largest absolute Gasteiger partial charge is 0.368 e. The van der Waals surface area contributed by atoms with E-state index in [0.29, 0.717) is 5.82 Å². The number of hydrogen-bond acceptors (Lipinski definition) is 5. The minimum Gasteiger partial charge on any atom is -0.368 e. The molecular formula is C19H15BrN4S. The molecule has 2 aromatic heterocycles. The van der Waals surface area contributed by atoms with Gasteiger partial charge in [0.1, 0.15) is 5.82 Å². The molecule has 0 aliphatic carbocycles. The van der Waals surface area contributed by atoms with Crippen LogP contribution in [0.25, 0.3) is 21.3 Å². The number of aryl methyl sites for hydroxylation is 1. The molecule has 0 radical (unpaired) electrons. The van der Waals surface area contributed by atoms with Gasteiger partial charge >= 0.3 is 0 Å². The van der Waals surface area contributed by atoms with Gasteiger partial charge in [0.2, 0.25) is 5.95 Å². The number of hydrogen-bond donors (Lipinski definition) is 2. The molecule has 2 aromatic carbocycles. The van der Waals surface area contributed by atoms with E-state index >= 15 is 0 Å². The summed E-state index contributed by atoms with van der Waals surface area (Å²) >= 11 is 5.22. The van der Waals surface area contributed by atoms with Crippen LogP contribution in [0, 0.1) is 6.92 Å². The summed E-state index contributed by atoms with van der Waals surface area (Å²) in [5.74, 6) is 0.959. The number of benzene rings is 2. The zero-order valence-corrected chi connectivity index (χ0v) is 15.9. The number of nitrogens with one attached hydrogen (secondary N) is 1. The molecule has 4 aromatic rings. The fraction of sp³-hybridized carbons (Fsp3) is 0.0526. The Morgan fingerprint density at radius 2 is 1.96 bits per heavy atom. The van der Waals surface area contributed by atoms with Crippen molar-refractivity contribution in [2.45, 2.75) is 6.92 Å². The van der Waals surface area contributed by atoms with E-state index in [-0.39, 0.29) is 5.95 Å². The number of aromatic nitrogens is 2. The SMILES string of the molecule is Cc1csc(-c2ccc3nc(N)nc(Nc4cccc(Br)c4)c3c2)c1. The minimum absolute atomic E-state index is 0.254. The molecule has 0 spiro atoms. The van der Waals surface area contributed by atoms with E-state index in [1.807, 2.05) is 30.3 Å². The summed E-state index contributed by atoms with van der Waals surface area (Å²) in [7, 11) is 0. The average Bonchev–Trinajstić information content (AvgIpc) is 3.01. The van der Waals surface area contributed by atoms with E-state index in [1.165, 1.54) is 10.4 Å². The second kappa shape index (κ2) is 6.46. The Kier molecular flexibility index (Phi) is 4.15. The summed E-state index contributed by atoms with van der Waals surface area (Å²) in [5.41, 5.74) is 10.1. The summed E-state index contributed by atoms with van der Waals surface area (Å²) in [6.45, 7) is 2.10. The molecule has 0 saturated heterocycles. The minimum atomic E-state index is 0.254. The molecule has 6 heteroatoms. The van der Waals surface area contributed by atoms with Crippen LogP contribution in [0.2, 0.25) is 0 Å². The lowest BCUT2D eigenvalue weighted by atomic mass is 10.1. The Bertz CT molecular complexity index is 1070. The van der Waals surface area contributed by atoms with E-state index in [1.54, 1.807) is 11.3 Å². The van der Waals surface area contributed by atoms with Gasteiger partial charge in [0.25, 0.3) is 0 Å². The van der Waals surface area contributed by atoms with E-state index < -0.39 is 0 Å². The number of fused-ring (bicyclic) bond motifs is 1. The maximum atomic E-state index is 5.89. The van der Waals surface area contributed by atoms with Crippen molar-refractivity contribution in [2.75, 3.05) is 11.1 Å². The van der Waals surface area contributed by atoms with Crippen LogP contribution in [0.1, 0.15) is 5.56 Å². The molecule has 0 saturated carbocycles. The van der Waals surface area contributed by atoms with Crippen LogP contribution in [0.3, 0.4) is 0 Å². The zero-order valence-electron chi connectivity index (χ0n) is 13.5. The molecule has 0 bridgehead atoms. The summed E-state index contributed by atoms with van der Waals surface area (Å²) in [4.78, 5) is 9.99. The van der Waals surface area contributed by atoms with Gasteiger partial charge in [-0.25, -0.2) is 4.98 Å². The van der Waals surface area contributed by atoms with Crippen LogP contribution in [-0.2, 0) is 0 Å². The number of anilines is 3. The Labute approximate surface area is 157 Å². The maximum Gasteiger partial charge on any atom is 0.222 e. The summed E-state index contributed by atoms with van der Waals surface area (Å²) in [5, 5.41) is 6.45. The first-order valence-electron chi connectivity index (χ1n) is 7.74. The monoisotopic (exact) mass is 410 g/mol. The smallest absolute Gasteiger partial charge is 0.222 e. The fourth-order valence-corrected chi connectivity index (χ4v) is 3.98. The number of thiophene rings is 1. The second-order valence-electron chi connectivity index (χ2n) is 5.79. The van der Waals surface area contributed by atoms with Gasteiger partial charge in [0.05, 0.1) is 5.52 Å². The molecule has 2 heterocycles. The van der Waals surface area contributed by atoms with Crippen molar-refractivity contribution in [2.24, 2.45) is 0 Å². The van der Waals surface area contributed by atoms with E-state index in [4.69, 9.17) is 5.73 Å². The summed E-state index contributed by atoms with van der Waals surface area (Å²) < 4.78 is 0.999. The number of nitrogens with two attached hydrogens (primary N) is 1. The highest BCUT2D eigenvalue weighted by Crippen LogP contribution is 2.32. The van der Waals surface area contributed by atoms with Crippen molar-refractivity contribution in [3.8, 4) is 10.4 Å². The first-order valence-corrected chi connectivity index (χ1v) is 9.41. The molecule has 25 heavy (non-hydrogen) atoms. The van der Waals surface area contributed by atoms with Crippen LogP contribution in [0.15, 0.2) is 58.4 Å². The summed E-state index contributed by atoms with van der Waals surface area (Å²) in [6.07, 6.45) is 0. The van der Waals surface area contributed by atoms with Crippen molar-refractivity contribution >= 4 is 55.6 Å². The fourth-order valence-electron chi connectivity index (χ4n) is 2.68. The van der Waals surface area contributed by atoms with Gasteiger partial charge in [-0.3, -0.25) is 0 Å². The van der Waals surface area contributed by atoms with Gasteiger partial charge in [-0.05, 0) is 59.8 Å².